The highest BCUT2D eigenvalue weighted by Crippen LogP contribution is 2.27. The van der Waals surface area contributed by atoms with E-state index in [1.165, 1.54) is 18.2 Å². The zero-order valence-electron chi connectivity index (χ0n) is 15.1. The number of hydrogen-bond donors (Lipinski definition) is 2. The molecule has 10 heteroatoms. The number of nitrogens with one attached hydrogen (secondary N) is 2. The number of amides is 2. The van der Waals surface area contributed by atoms with E-state index >= 15 is 0 Å². The first-order valence-electron chi connectivity index (χ1n) is 8.29. The molecule has 0 atom stereocenters. The van der Waals surface area contributed by atoms with Gasteiger partial charge in [-0.3, -0.25) is 9.59 Å². The molecule has 150 valence electrons. The first kappa shape index (κ1) is 21.0. The Hall–Kier alpha value is -2.72. The van der Waals surface area contributed by atoms with E-state index in [1.807, 2.05) is 6.07 Å². The fourth-order valence-corrected chi connectivity index (χ4v) is 4.95. The van der Waals surface area contributed by atoms with Gasteiger partial charge in [0.05, 0.1) is 10.0 Å². The van der Waals surface area contributed by atoms with E-state index in [4.69, 9.17) is 11.6 Å². The number of benzene rings is 2. The van der Waals surface area contributed by atoms with E-state index in [0.717, 1.165) is 16.3 Å². The van der Waals surface area contributed by atoms with Gasteiger partial charge in [0.15, 0.2) is 0 Å². The monoisotopic (exact) mass is 449 g/mol. The maximum absolute atomic E-state index is 12.4. The third kappa shape index (κ3) is 5.01. The number of hydrogen-bond acceptors (Lipinski definition) is 5. The molecular formula is C19H16ClN3O4S2. The highest BCUT2D eigenvalue weighted by Gasteiger charge is 2.21. The molecule has 0 saturated heterocycles. The summed E-state index contributed by atoms with van der Waals surface area (Å²) in [5, 5.41) is 3.64. The van der Waals surface area contributed by atoms with E-state index in [2.05, 4.69) is 10.1 Å². The molecule has 0 radical (unpaired) electrons. The van der Waals surface area contributed by atoms with Gasteiger partial charge in [0, 0.05) is 11.3 Å². The van der Waals surface area contributed by atoms with Crippen LogP contribution >= 0.6 is 22.9 Å². The highest BCUT2D eigenvalue weighted by molar-refractivity contribution is 7.91. The average molecular weight is 450 g/mol. The number of carbonyl (C=O) groups is 2. The number of aryl methyl sites for hydroxylation is 1. The minimum absolute atomic E-state index is 0.0159. The number of rotatable bonds is 7. The summed E-state index contributed by atoms with van der Waals surface area (Å²) in [4.78, 5) is 26.0. The summed E-state index contributed by atoms with van der Waals surface area (Å²) in [5.74, 6) is -0.274. The van der Waals surface area contributed by atoms with Crippen LogP contribution in [-0.2, 0) is 14.8 Å². The van der Waals surface area contributed by atoms with Crippen molar-refractivity contribution in [2.75, 3.05) is 10.3 Å². The zero-order chi connectivity index (χ0) is 21.0. The van der Waals surface area contributed by atoms with Gasteiger partial charge < -0.3 is 5.32 Å². The zero-order valence-corrected chi connectivity index (χ0v) is 17.5. The lowest BCUT2D eigenvalue weighted by Crippen LogP contribution is -2.41. The summed E-state index contributed by atoms with van der Waals surface area (Å²) >= 11 is 6.66. The topological polar surface area (TPSA) is 95.6 Å². The number of hydrazine groups is 1. The van der Waals surface area contributed by atoms with Crippen molar-refractivity contribution in [2.24, 2.45) is 0 Å². The molecule has 2 aromatic carbocycles. The van der Waals surface area contributed by atoms with Crippen LogP contribution in [0, 0.1) is 6.92 Å². The minimum Gasteiger partial charge on any atom is -0.322 e. The van der Waals surface area contributed by atoms with Gasteiger partial charge in [-0.05, 0) is 55.0 Å². The van der Waals surface area contributed by atoms with Gasteiger partial charge in [-0.2, -0.15) is 0 Å². The SMILES string of the molecule is Cc1cc(N(C=O)NS(=O)(=O)c2ccc(Cl)s2)ccc1NC(=O)c1ccccc1. The number of anilines is 2. The first-order chi connectivity index (χ1) is 13.8. The van der Waals surface area contributed by atoms with Crippen molar-refractivity contribution in [3.05, 3.63) is 76.1 Å². The third-order valence-electron chi connectivity index (χ3n) is 3.91. The van der Waals surface area contributed by atoms with E-state index in [1.54, 1.807) is 43.3 Å². The second kappa shape index (κ2) is 8.75. The molecule has 2 N–H and O–H groups in total. The summed E-state index contributed by atoms with van der Waals surface area (Å²) in [6.07, 6.45) is 0.351. The highest BCUT2D eigenvalue weighted by atomic mass is 35.5. The van der Waals surface area contributed by atoms with E-state index in [0.29, 0.717) is 33.2 Å². The first-order valence-corrected chi connectivity index (χ1v) is 11.0. The van der Waals surface area contributed by atoms with Gasteiger partial charge >= 0.3 is 0 Å². The molecule has 2 amide bonds. The smallest absolute Gasteiger partial charge is 0.267 e. The van der Waals surface area contributed by atoms with Gasteiger partial charge in [0.2, 0.25) is 6.41 Å². The Kier molecular flexibility index (Phi) is 6.33. The summed E-state index contributed by atoms with van der Waals surface area (Å²) in [7, 11) is -3.97. The number of halogens is 1. The largest absolute Gasteiger partial charge is 0.322 e. The summed E-state index contributed by atoms with van der Waals surface area (Å²) in [6, 6.07) is 16.2. The molecule has 0 bridgehead atoms. The molecule has 0 aliphatic heterocycles. The lowest BCUT2D eigenvalue weighted by Gasteiger charge is -2.19. The molecule has 1 aromatic heterocycles. The second-order valence-electron chi connectivity index (χ2n) is 5.95. The molecule has 0 aliphatic rings. The van der Waals surface area contributed by atoms with E-state index in [9.17, 15) is 18.0 Å². The van der Waals surface area contributed by atoms with Crippen LogP contribution in [0.2, 0.25) is 4.34 Å². The van der Waals surface area contributed by atoms with Gasteiger partial charge in [-0.1, -0.05) is 29.8 Å². The van der Waals surface area contributed by atoms with Gasteiger partial charge in [-0.15, -0.1) is 16.2 Å². The molecule has 0 saturated carbocycles. The number of nitrogens with zero attached hydrogens (tertiary/aromatic N) is 1. The normalized spacial score (nSPS) is 11.1. The van der Waals surface area contributed by atoms with Crippen molar-refractivity contribution in [1.29, 1.82) is 0 Å². The van der Waals surface area contributed by atoms with E-state index in [-0.39, 0.29) is 10.1 Å². The Morgan fingerprint density at radius 2 is 1.83 bits per heavy atom. The van der Waals surface area contributed by atoms with Crippen molar-refractivity contribution in [1.82, 2.24) is 4.83 Å². The maximum atomic E-state index is 12.4. The van der Waals surface area contributed by atoms with Crippen LogP contribution in [0.15, 0.2) is 64.9 Å². The molecule has 0 spiro atoms. The van der Waals surface area contributed by atoms with Crippen molar-refractivity contribution in [3.8, 4) is 0 Å². The Bertz CT molecular complexity index is 1150. The van der Waals surface area contributed by atoms with Crippen LogP contribution < -0.4 is 15.2 Å². The molecule has 0 fully saturated rings. The Morgan fingerprint density at radius 3 is 2.41 bits per heavy atom. The van der Waals surface area contributed by atoms with Crippen molar-refractivity contribution in [3.63, 3.8) is 0 Å². The Morgan fingerprint density at radius 1 is 1.10 bits per heavy atom. The molecule has 7 nitrogen and oxygen atoms in total. The fourth-order valence-electron chi connectivity index (χ4n) is 2.47. The molecule has 0 aliphatic carbocycles. The van der Waals surface area contributed by atoms with E-state index < -0.39 is 10.0 Å². The van der Waals surface area contributed by atoms with Crippen LogP contribution in [0.1, 0.15) is 15.9 Å². The standard InChI is InChI=1S/C19H16ClN3O4S2/c1-13-11-15(7-8-16(13)21-19(25)14-5-3-2-4-6-14)23(12-24)22-29(26,27)18-10-9-17(20)28-18/h2-12,22H,1H3,(H,21,25). The van der Waals surface area contributed by atoms with Crippen LogP contribution in [0.5, 0.6) is 0 Å². The Labute approximate surface area is 176 Å². The van der Waals surface area contributed by atoms with Crippen molar-refractivity contribution >= 4 is 56.7 Å². The average Bonchev–Trinajstić information content (AvgIpc) is 3.16. The maximum Gasteiger partial charge on any atom is 0.267 e. The summed E-state index contributed by atoms with van der Waals surface area (Å²) in [6.45, 7) is 1.74. The number of thiophene rings is 1. The predicted molar refractivity (Wildman–Crippen MR) is 114 cm³/mol. The lowest BCUT2D eigenvalue weighted by molar-refractivity contribution is -0.107. The third-order valence-corrected chi connectivity index (χ3v) is 6.95. The van der Waals surface area contributed by atoms with Crippen LogP contribution in [-0.4, -0.2) is 20.7 Å². The minimum atomic E-state index is -3.97. The molecule has 3 aromatic rings. The van der Waals surface area contributed by atoms with Crippen molar-refractivity contribution < 1.29 is 18.0 Å². The quantitative estimate of drug-likeness (QED) is 0.423. The molecular weight excluding hydrogens is 434 g/mol. The second-order valence-corrected chi connectivity index (χ2v) is 9.55. The fraction of sp³-hybridized carbons (Fsp3) is 0.0526. The molecule has 3 rings (SSSR count). The predicted octanol–water partition coefficient (Wildman–Crippen LogP) is 3.82. The van der Waals surface area contributed by atoms with Gasteiger partial charge in [0.1, 0.15) is 4.21 Å². The summed E-state index contributed by atoms with van der Waals surface area (Å²) in [5.41, 5.74) is 1.99. The Balaban J connectivity index is 1.79. The number of carbonyl (C=O) groups excluding carboxylic acids is 2. The summed E-state index contributed by atoms with van der Waals surface area (Å²) < 4.78 is 25.2. The molecule has 0 unspecified atom stereocenters. The number of sulfonamides is 1. The van der Waals surface area contributed by atoms with Crippen molar-refractivity contribution in [2.45, 2.75) is 11.1 Å². The lowest BCUT2D eigenvalue weighted by atomic mass is 10.1. The van der Waals surface area contributed by atoms with Crippen LogP contribution in [0.25, 0.3) is 0 Å². The van der Waals surface area contributed by atoms with Crippen LogP contribution in [0.4, 0.5) is 11.4 Å². The van der Waals surface area contributed by atoms with Gasteiger partial charge in [-0.25, -0.2) is 13.4 Å². The van der Waals surface area contributed by atoms with Crippen LogP contribution in [0.3, 0.4) is 0 Å². The van der Waals surface area contributed by atoms with Gasteiger partial charge in [0.25, 0.3) is 15.9 Å². The molecule has 1 heterocycles. The molecule has 29 heavy (non-hydrogen) atoms.